The van der Waals surface area contributed by atoms with Gasteiger partial charge in [0.2, 0.25) is 0 Å². The summed E-state index contributed by atoms with van der Waals surface area (Å²) in [5.41, 5.74) is 0.665. The summed E-state index contributed by atoms with van der Waals surface area (Å²) in [7, 11) is 0. The number of carbonyl (C=O) groups is 2. The predicted molar refractivity (Wildman–Crippen MR) is 101 cm³/mol. The zero-order chi connectivity index (χ0) is 20.0. The van der Waals surface area contributed by atoms with E-state index in [9.17, 15) is 14.7 Å². The van der Waals surface area contributed by atoms with E-state index in [1.807, 2.05) is 33.8 Å². The van der Waals surface area contributed by atoms with E-state index in [-0.39, 0.29) is 5.92 Å². The van der Waals surface area contributed by atoms with Crippen molar-refractivity contribution in [2.45, 2.75) is 91.8 Å². The number of aldehydes is 1. The third kappa shape index (κ3) is 19.0. The normalized spacial score (nSPS) is 14.6. The van der Waals surface area contributed by atoms with Crippen molar-refractivity contribution in [2.75, 3.05) is 0 Å². The molecule has 0 aliphatic carbocycles. The maximum atomic E-state index is 10.4. The van der Waals surface area contributed by atoms with Crippen molar-refractivity contribution in [2.24, 2.45) is 11.8 Å². The van der Waals surface area contributed by atoms with Gasteiger partial charge in [-0.3, -0.25) is 0 Å². The second kappa shape index (κ2) is 14.0. The van der Waals surface area contributed by atoms with Crippen molar-refractivity contribution in [3.63, 3.8) is 0 Å². The highest BCUT2D eigenvalue weighted by Gasteiger charge is 2.20. The first-order chi connectivity index (χ1) is 11.4. The first-order valence-corrected chi connectivity index (χ1v) is 9.11. The van der Waals surface area contributed by atoms with Gasteiger partial charge >= 0.3 is 5.97 Å². The minimum absolute atomic E-state index is 0.187. The summed E-state index contributed by atoms with van der Waals surface area (Å²) in [4.78, 5) is 20.5. The van der Waals surface area contributed by atoms with Crippen LogP contribution in [0.25, 0.3) is 0 Å². The molecule has 5 heteroatoms. The van der Waals surface area contributed by atoms with Crippen LogP contribution in [-0.2, 0) is 9.59 Å². The molecule has 25 heavy (non-hydrogen) atoms. The Morgan fingerprint density at radius 3 is 2.12 bits per heavy atom. The van der Waals surface area contributed by atoms with Gasteiger partial charge in [-0.15, -0.1) is 0 Å². The largest absolute Gasteiger partial charge is 0.479 e. The number of hydrogen-bond acceptors (Lipinski definition) is 4. The fraction of sp³-hybridized carbons (Fsp3) is 0.800. The number of rotatable bonds is 11. The highest BCUT2D eigenvalue weighted by atomic mass is 16.4. The molecule has 0 spiro atoms. The number of allylic oxidation sites excluding steroid dienone is 2. The van der Waals surface area contributed by atoms with Crippen LogP contribution >= 0.6 is 0 Å². The second-order valence-corrected chi connectivity index (χ2v) is 7.83. The van der Waals surface area contributed by atoms with Crippen LogP contribution in [0.15, 0.2) is 11.6 Å². The highest BCUT2D eigenvalue weighted by molar-refractivity contribution is 5.72. The topological polar surface area (TPSA) is 94.8 Å². The lowest BCUT2D eigenvalue weighted by molar-refractivity contribution is -0.149. The van der Waals surface area contributed by atoms with E-state index >= 15 is 0 Å². The van der Waals surface area contributed by atoms with E-state index in [1.165, 1.54) is 5.57 Å². The fourth-order valence-electron chi connectivity index (χ4n) is 2.20. The summed E-state index contributed by atoms with van der Waals surface area (Å²) in [6.45, 7) is 11.4. The van der Waals surface area contributed by atoms with E-state index in [0.29, 0.717) is 18.8 Å². The minimum atomic E-state index is -1.23. The van der Waals surface area contributed by atoms with Gasteiger partial charge in [0.15, 0.2) is 6.10 Å². The molecule has 0 amide bonds. The Labute approximate surface area is 153 Å². The van der Waals surface area contributed by atoms with Crippen LogP contribution in [0.4, 0.5) is 0 Å². The number of carboxylic acids is 1. The number of aliphatic carboxylic acids is 1. The van der Waals surface area contributed by atoms with E-state index < -0.39 is 17.7 Å². The summed E-state index contributed by atoms with van der Waals surface area (Å²) in [6, 6.07) is 0. The van der Waals surface area contributed by atoms with Crippen molar-refractivity contribution < 1.29 is 24.9 Å². The third-order valence-electron chi connectivity index (χ3n) is 3.95. The lowest BCUT2D eigenvalue weighted by Gasteiger charge is -2.17. The van der Waals surface area contributed by atoms with Crippen LogP contribution in [0.1, 0.15) is 80.1 Å². The Morgan fingerprint density at radius 1 is 1.16 bits per heavy atom. The molecule has 0 bridgehead atoms. The minimum Gasteiger partial charge on any atom is -0.479 e. The Hall–Kier alpha value is -1.20. The van der Waals surface area contributed by atoms with Crippen molar-refractivity contribution in [3.05, 3.63) is 11.6 Å². The van der Waals surface area contributed by atoms with Gasteiger partial charge in [0, 0.05) is 6.42 Å². The number of carbonyl (C=O) groups excluding carboxylic acids is 1. The Kier molecular flexibility index (Phi) is 14.6. The van der Waals surface area contributed by atoms with Gasteiger partial charge in [-0.25, -0.2) is 4.79 Å². The summed E-state index contributed by atoms with van der Waals surface area (Å²) in [5.74, 6) is -0.859. The maximum Gasteiger partial charge on any atom is 0.332 e. The SMILES string of the molecule is CC(C)=CCCC(C)C(O)C(=O)O.CC(CC=O)CCCC(C)(C)O. The molecule has 0 saturated heterocycles. The molecule has 0 aromatic rings. The van der Waals surface area contributed by atoms with Crippen LogP contribution in [0, 0.1) is 11.8 Å². The lowest BCUT2D eigenvalue weighted by atomic mass is 9.96. The highest BCUT2D eigenvalue weighted by Crippen LogP contribution is 2.16. The monoisotopic (exact) mass is 358 g/mol. The molecule has 0 aromatic carbocycles. The van der Waals surface area contributed by atoms with E-state index in [4.69, 9.17) is 10.2 Å². The van der Waals surface area contributed by atoms with E-state index in [2.05, 4.69) is 6.92 Å². The summed E-state index contributed by atoms with van der Waals surface area (Å²) in [6.07, 6.45) is 6.81. The Bertz CT molecular complexity index is 391. The van der Waals surface area contributed by atoms with Crippen LogP contribution in [0.5, 0.6) is 0 Å². The molecule has 0 rings (SSSR count). The Balaban J connectivity index is 0. The molecule has 3 unspecified atom stereocenters. The summed E-state index contributed by atoms with van der Waals surface area (Å²) in [5, 5.41) is 27.0. The molecular weight excluding hydrogens is 320 g/mol. The van der Waals surface area contributed by atoms with Gasteiger partial charge in [-0.1, -0.05) is 38.3 Å². The molecule has 0 aliphatic heterocycles. The summed E-state index contributed by atoms with van der Waals surface area (Å²) >= 11 is 0. The molecule has 148 valence electrons. The lowest BCUT2D eigenvalue weighted by Crippen LogP contribution is -2.27. The van der Waals surface area contributed by atoms with Gasteiger partial charge in [0.05, 0.1) is 5.60 Å². The summed E-state index contributed by atoms with van der Waals surface area (Å²) < 4.78 is 0. The molecule has 0 fully saturated rings. The number of aliphatic hydroxyl groups excluding tert-OH is 1. The quantitative estimate of drug-likeness (QED) is 0.384. The van der Waals surface area contributed by atoms with Crippen molar-refractivity contribution in [1.29, 1.82) is 0 Å². The molecule has 0 heterocycles. The van der Waals surface area contributed by atoms with Gasteiger partial charge < -0.3 is 20.1 Å². The van der Waals surface area contributed by atoms with Crippen LogP contribution in [0.3, 0.4) is 0 Å². The standard InChI is InChI=1S/C10H18O3.C10H20O2/c1-7(2)5-4-6-8(3)9(11)10(12)13;1-9(6-8-11)5-4-7-10(2,3)12/h5,8-9,11H,4,6H2,1-3H3,(H,12,13);8-9,12H,4-7H2,1-3H3. The van der Waals surface area contributed by atoms with Crippen molar-refractivity contribution >= 4 is 12.3 Å². The molecule has 5 nitrogen and oxygen atoms in total. The van der Waals surface area contributed by atoms with Gasteiger partial charge in [-0.05, 0) is 58.8 Å². The molecule has 0 radical (unpaired) electrons. The zero-order valence-corrected chi connectivity index (χ0v) is 16.8. The second-order valence-electron chi connectivity index (χ2n) is 7.83. The van der Waals surface area contributed by atoms with Gasteiger partial charge in [-0.2, -0.15) is 0 Å². The third-order valence-corrected chi connectivity index (χ3v) is 3.95. The first-order valence-electron chi connectivity index (χ1n) is 9.11. The first kappa shape index (κ1) is 26.0. The molecule has 0 saturated carbocycles. The smallest absolute Gasteiger partial charge is 0.332 e. The van der Waals surface area contributed by atoms with Crippen LogP contribution in [-0.4, -0.2) is 39.3 Å². The fourth-order valence-corrected chi connectivity index (χ4v) is 2.20. The number of carboxylic acid groups (broad SMARTS) is 1. The van der Waals surface area contributed by atoms with Gasteiger partial charge in [0.1, 0.15) is 6.29 Å². The van der Waals surface area contributed by atoms with E-state index in [0.717, 1.165) is 32.0 Å². The van der Waals surface area contributed by atoms with Crippen molar-refractivity contribution in [1.82, 2.24) is 0 Å². The number of aliphatic hydroxyl groups is 2. The molecular formula is C20H38O5. The van der Waals surface area contributed by atoms with Crippen LogP contribution in [0.2, 0.25) is 0 Å². The Morgan fingerprint density at radius 2 is 1.72 bits per heavy atom. The molecule has 0 aromatic heterocycles. The maximum absolute atomic E-state index is 10.4. The molecule has 3 N–H and O–H groups in total. The van der Waals surface area contributed by atoms with E-state index in [1.54, 1.807) is 6.92 Å². The average molecular weight is 359 g/mol. The molecule has 3 atom stereocenters. The molecule has 0 aliphatic rings. The van der Waals surface area contributed by atoms with Crippen molar-refractivity contribution in [3.8, 4) is 0 Å². The predicted octanol–water partition coefficient (Wildman–Crippen LogP) is 3.97. The number of hydrogen-bond donors (Lipinski definition) is 3. The zero-order valence-electron chi connectivity index (χ0n) is 16.8. The van der Waals surface area contributed by atoms with Crippen LogP contribution < -0.4 is 0 Å². The average Bonchev–Trinajstić information content (AvgIpc) is 2.45. The van der Waals surface area contributed by atoms with Gasteiger partial charge in [0.25, 0.3) is 0 Å².